The number of hydrogen-bond acceptors (Lipinski definition) is 6. The van der Waals surface area contributed by atoms with Crippen molar-refractivity contribution in [2.45, 2.75) is 102 Å². The Morgan fingerprint density at radius 3 is 1.39 bits per heavy atom. The highest BCUT2D eigenvalue weighted by molar-refractivity contribution is 5.90. The van der Waals surface area contributed by atoms with E-state index in [-0.39, 0.29) is 13.2 Å². The number of aryl methyl sites for hydroxylation is 2. The lowest BCUT2D eigenvalue weighted by Crippen LogP contribution is -2.36. The second-order valence-electron chi connectivity index (χ2n) is 10.5. The average molecular weight is 523 g/mol. The van der Waals surface area contributed by atoms with Gasteiger partial charge < -0.3 is 18.9 Å². The van der Waals surface area contributed by atoms with Gasteiger partial charge in [0.15, 0.2) is 12.2 Å². The van der Waals surface area contributed by atoms with Gasteiger partial charge in [-0.15, -0.1) is 0 Å². The third-order valence-electron chi connectivity index (χ3n) is 7.50. The molecule has 2 saturated heterocycles. The molecule has 2 heterocycles. The van der Waals surface area contributed by atoms with Gasteiger partial charge in [0.2, 0.25) is 0 Å². The third kappa shape index (κ3) is 7.67. The Kier molecular flexibility index (Phi) is 10.8. The van der Waals surface area contributed by atoms with Crippen LogP contribution in [0.2, 0.25) is 0 Å². The van der Waals surface area contributed by atoms with Crippen molar-refractivity contribution >= 4 is 11.9 Å². The van der Waals surface area contributed by atoms with E-state index in [1.54, 1.807) is 0 Å². The van der Waals surface area contributed by atoms with Crippen LogP contribution in [0.25, 0.3) is 0 Å². The Labute approximate surface area is 227 Å². The summed E-state index contributed by atoms with van der Waals surface area (Å²) in [5, 5.41) is 0. The fourth-order valence-electron chi connectivity index (χ4n) is 5.17. The highest BCUT2D eigenvalue weighted by atomic mass is 16.7. The van der Waals surface area contributed by atoms with Crippen molar-refractivity contribution in [3.05, 3.63) is 70.8 Å². The summed E-state index contributed by atoms with van der Waals surface area (Å²) < 4.78 is 23.2. The van der Waals surface area contributed by atoms with Gasteiger partial charge in [-0.1, -0.05) is 76.6 Å². The van der Waals surface area contributed by atoms with Gasteiger partial charge in [-0.05, 0) is 61.1 Å². The molecule has 0 radical (unpaired) electrons. The molecule has 2 aromatic carbocycles. The van der Waals surface area contributed by atoms with Crippen LogP contribution < -0.4 is 0 Å². The maximum absolute atomic E-state index is 12.8. The van der Waals surface area contributed by atoms with Crippen LogP contribution >= 0.6 is 0 Å². The molecule has 0 saturated carbocycles. The van der Waals surface area contributed by atoms with Gasteiger partial charge in [-0.3, -0.25) is 0 Å². The Morgan fingerprint density at radius 1 is 0.632 bits per heavy atom. The molecule has 0 amide bonds. The van der Waals surface area contributed by atoms with Crippen LogP contribution in [-0.4, -0.2) is 49.6 Å². The molecule has 2 aliphatic heterocycles. The van der Waals surface area contributed by atoms with Crippen molar-refractivity contribution in [3.8, 4) is 0 Å². The molecule has 0 N–H and O–H groups in total. The maximum Gasteiger partial charge on any atom is 0.338 e. The molecule has 0 spiro atoms. The molecule has 0 bridgehead atoms. The second-order valence-corrected chi connectivity index (χ2v) is 10.5. The normalized spacial score (nSPS) is 22.3. The van der Waals surface area contributed by atoms with Crippen LogP contribution in [0.3, 0.4) is 0 Å². The molecule has 0 aliphatic carbocycles. The number of ether oxygens (including phenoxy) is 4. The first-order valence-corrected chi connectivity index (χ1v) is 14.4. The molecule has 0 aromatic heterocycles. The van der Waals surface area contributed by atoms with Crippen molar-refractivity contribution in [2.75, 3.05) is 13.2 Å². The Bertz CT molecular complexity index is 932. The summed E-state index contributed by atoms with van der Waals surface area (Å²) in [5.41, 5.74) is 3.49. The highest BCUT2D eigenvalue weighted by Gasteiger charge is 2.51. The number of hydrogen-bond donors (Lipinski definition) is 0. The number of carbonyl (C=O) groups is 2. The van der Waals surface area contributed by atoms with Crippen molar-refractivity contribution in [1.82, 2.24) is 0 Å². The molecular formula is C32H42O6. The van der Waals surface area contributed by atoms with E-state index in [1.165, 1.54) is 49.7 Å². The number of carbonyl (C=O) groups excluding carboxylic acids is 2. The minimum Gasteiger partial charge on any atom is -0.453 e. The molecule has 38 heavy (non-hydrogen) atoms. The molecule has 2 aromatic rings. The summed E-state index contributed by atoms with van der Waals surface area (Å²) in [7, 11) is 0. The predicted octanol–water partition coefficient (Wildman–Crippen LogP) is 6.48. The molecule has 2 fully saturated rings. The standard InChI is InChI=1S/C32H42O6/c1-3-5-7-9-11-23-13-17-25(18-14-23)31(33)37-27-21-35-30-28(22-36-29(27)30)38-32(34)26-19-15-24(16-20-26)12-10-8-6-4-2/h13-20,27-30H,3-12,21-22H2,1-2H3/t27-,28+,29+,30-. The van der Waals surface area contributed by atoms with Gasteiger partial charge in [0.05, 0.1) is 24.3 Å². The van der Waals surface area contributed by atoms with Crippen molar-refractivity contribution in [1.29, 1.82) is 0 Å². The number of benzene rings is 2. The van der Waals surface area contributed by atoms with E-state index in [1.807, 2.05) is 48.5 Å². The lowest BCUT2D eigenvalue weighted by Gasteiger charge is -2.17. The summed E-state index contributed by atoms with van der Waals surface area (Å²) in [6.07, 6.45) is 9.82. The first-order valence-electron chi connectivity index (χ1n) is 14.4. The molecule has 0 unspecified atom stereocenters. The Hall–Kier alpha value is -2.70. The zero-order chi connectivity index (χ0) is 26.7. The summed E-state index contributed by atoms with van der Waals surface area (Å²) in [6.45, 7) is 4.85. The molecule has 6 heteroatoms. The Balaban J connectivity index is 1.23. The molecular weight excluding hydrogens is 480 g/mol. The van der Waals surface area contributed by atoms with Crippen molar-refractivity contribution in [2.24, 2.45) is 0 Å². The number of unbranched alkanes of at least 4 members (excludes halogenated alkanes) is 6. The summed E-state index contributed by atoms with van der Waals surface area (Å²) in [4.78, 5) is 25.5. The van der Waals surface area contributed by atoms with Gasteiger partial charge in [0.25, 0.3) is 0 Å². The predicted molar refractivity (Wildman–Crippen MR) is 146 cm³/mol. The van der Waals surface area contributed by atoms with E-state index in [4.69, 9.17) is 18.9 Å². The maximum atomic E-state index is 12.8. The Morgan fingerprint density at radius 2 is 1.03 bits per heavy atom. The number of rotatable bonds is 14. The number of fused-ring (bicyclic) bond motifs is 1. The van der Waals surface area contributed by atoms with Gasteiger partial charge in [0.1, 0.15) is 12.2 Å². The lowest BCUT2D eigenvalue weighted by molar-refractivity contribution is -0.0287. The van der Waals surface area contributed by atoms with Crippen molar-refractivity contribution < 1.29 is 28.5 Å². The van der Waals surface area contributed by atoms with E-state index in [0.717, 1.165) is 25.7 Å². The fraction of sp³-hybridized carbons (Fsp3) is 0.562. The third-order valence-corrected chi connectivity index (χ3v) is 7.50. The SMILES string of the molecule is CCCCCCc1ccc(C(=O)O[C@H]2CO[C@@H]3[C@@H]2OC[C@H]3OC(=O)c2ccc(CCCCCC)cc2)cc1. The molecule has 6 nitrogen and oxygen atoms in total. The van der Waals surface area contributed by atoms with Crippen LogP contribution in [0.4, 0.5) is 0 Å². The first kappa shape index (κ1) is 28.3. The first-order chi connectivity index (χ1) is 18.6. The summed E-state index contributed by atoms with van der Waals surface area (Å²) in [5.74, 6) is -0.786. The van der Waals surface area contributed by atoms with E-state index >= 15 is 0 Å². The second kappa shape index (κ2) is 14.5. The minimum atomic E-state index is -0.531. The quantitative estimate of drug-likeness (QED) is 0.209. The van der Waals surface area contributed by atoms with Crippen LogP contribution in [0.1, 0.15) is 97.1 Å². The van der Waals surface area contributed by atoms with Gasteiger partial charge in [-0.2, -0.15) is 0 Å². The summed E-state index contributed by atoms with van der Waals surface area (Å²) in [6, 6.07) is 15.3. The van der Waals surface area contributed by atoms with Gasteiger partial charge >= 0.3 is 11.9 Å². The van der Waals surface area contributed by atoms with Gasteiger partial charge in [-0.25, -0.2) is 9.59 Å². The molecule has 4 atom stereocenters. The topological polar surface area (TPSA) is 71.1 Å². The van der Waals surface area contributed by atoms with Crippen LogP contribution in [0.15, 0.2) is 48.5 Å². The monoisotopic (exact) mass is 522 g/mol. The van der Waals surface area contributed by atoms with Crippen molar-refractivity contribution in [3.63, 3.8) is 0 Å². The minimum absolute atomic E-state index is 0.220. The molecule has 2 aliphatic rings. The average Bonchev–Trinajstić information content (AvgIpc) is 3.53. The lowest BCUT2D eigenvalue weighted by atomic mass is 10.0. The van der Waals surface area contributed by atoms with E-state index in [2.05, 4.69) is 13.8 Å². The van der Waals surface area contributed by atoms with E-state index < -0.39 is 36.4 Å². The van der Waals surface area contributed by atoms with E-state index in [9.17, 15) is 9.59 Å². The largest absolute Gasteiger partial charge is 0.453 e. The van der Waals surface area contributed by atoms with Crippen LogP contribution in [-0.2, 0) is 31.8 Å². The number of esters is 2. The van der Waals surface area contributed by atoms with E-state index in [0.29, 0.717) is 11.1 Å². The summed E-state index contributed by atoms with van der Waals surface area (Å²) >= 11 is 0. The fourth-order valence-corrected chi connectivity index (χ4v) is 5.17. The van der Waals surface area contributed by atoms with Crippen LogP contribution in [0, 0.1) is 0 Å². The molecule has 4 rings (SSSR count). The smallest absolute Gasteiger partial charge is 0.338 e. The molecule has 206 valence electrons. The van der Waals surface area contributed by atoms with Gasteiger partial charge in [0, 0.05) is 0 Å². The highest BCUT2D eigenvalue weighted by Crippen LogP contribution is 2.31. The zero-order valence-corrected chi connectivity index (χ0v) is 22.9. The zero-order valence-electron chi connectivity index (χ0n) is 22.9. The van der Waals surface area contributed by atoms with Crippen LogP contribution in [0.5, 0.6) is 0 Å².